The highest BCUT2D eigenvalue weighted by molar-refractivity contribution is 5.76. The molecule has 1 N–H and O–H groups in total. The Balaban J connectivity index is -0.000000471. The molecule has 0 aliphatic rings. The fraction of sp³-hybridized carbons (Fsp3) is 0.485. The number of unbranched alkanes of at least 4 members (excludes halogenated alkanes) is 3. The summed E-state index contributed by atoms with van der Waals surface area (Å²) in [5.74, 6) is 0.307. The molecule has 2 heteroatoms. The van der Waals surface area contributed by atoms with Crippen LogP contribution in [0.4, 0.5) is 5.69 Å². The van der Waals surface area contributed by atoms with Gasteiger partial charge in [0.15, 0.2) is 0 Å². The molecule has 0 saturated carbocycles. The van der Waals surface area contributed by atoms with Crippen molar-refractivity contribution in [2.75, 3.05) is 5.32 Å². The van der Waals surface area contributed by atoms with Gasteiger partial charge in [-0.05, 0) is 57.4 Å². The second-order valence-electron chi connectivity index (χ2n) is 8.50. The van der Waals surface area contributed by atoms with Crippen LogP contribution < -0.4 is 5.32 Å². The van der Waals surface area contributed by atoms with Gasteiger partial charge >= 0.3 is 0 Å². The van der Waals surface area contributed by atoms with E-state index in [4.69, 9.17) is 0 Å². The molecule has 0 aliphatic heterocycles. The second-order valence-corrected chi connectivity index (χ2v) is 8.50. The summed E-state index contributed by atoms with van der Waals surface area (Å²) in [6.45, 7) is 26.0. The van der Waals surface area contributed by atoms with Gasteiger partial charge in [0.25, 0.3) is 0 Å². The second kappa shape index (κ2) is 27.6. The fourth-order valence-electron chi connectivity index (χ4n) is 2.21. The molecule has 0 aliphatic carbocycles. The molecule has 0 fully saturated rings. The Bertz CT molecular complexity index is 768. The number of nitrogens with one attached hydrogen (secondary N) is 1. The van der Waals surface area contributed by atoms with Gasteiger partial charge in [0.05, 0.1) is 0 Å². The van der Waals surface area contributed by atoms with Crippen molar-refractivity contribution in [2.45, 2.75) is 107 Å². The van der Waals surface area contributed by atoms with Gasteiger partial charge in [0.1, 0.15) is 5.78 Å². The van der Waals surface area contributed by atoms with Crippen LogP contribution in [0.1, 0.15) is 110 Å². The van der Waals surface area contributed by atoms with Crippen LogP contribution in [0.2, 0.25) is 0 Å². The summed E-state index contributed by atoms with van der Waals surface area (Å²) in [6.07, 6.45) is 9.96. The van der Waals surface area contributed by atoms with E-state index in [1.807, 2.05) is 19.1 Å². The number of rotatable bonds is 8. The third-order valence-corrected chi connectivity index (χ3v) is 4.68. The lowest BCUT2D eigenvalue weighted by atomic mass is 10.1. The number of ketones is 1. The zero-order valence-electron chi connectivity index (χ0n) is 24.5. The van der Waals surface area contributed by atoms with Crippen LogP contribution in [0.25, 0.3) is 5.70 Å². The number of hydrogen-bond donors (Lipinski definition) is 1. The molecule has 2 aromatic rings. The maximum atomic E-state index is 10.2. The van der Waals surface area contributed by atoms with Gasteiger partial charge in [-0.1, -0.05) is 121 Å². The molecule has 0 heterocycles. The summed E-state index contributed by atoms with van der Waals surface area (Å²) in [4.78, 5) is 10.2. The van der Waals surface area contributed by atoms with Crippen LogP contribution in [0.3, 0.4) is 0 Å². The average Bonchev–Trinajstić information content (AvgIpc) is 2.85. The fourth-order valence-corrected chi connectivity index (χ4v) is 2.21. The number of anilines is 1. The van der Waals surface area contributed by atoms with Crippen molar-refractivity contribution < 1.29 is 4.79 Å². The van der Waals surface area contributed by atoms with E-state index in [-0.39, 0.29) is 0 Å². The largest absolute Gasteiger partial charge is 0.355 e. The third-order valence-electron chi connectivity index (χ3n) is 4.68. The number of para-hydroxylation sites is 1. The summed E-state index contributed by atoms with van der Waals surface area (Å²) < 4.78 is 0. The van der Waals surface area contributed by atoms with Gasteiger partial charge in [0.2, 0.25) is 0 Å². The van der Waals surface area contributed by atoms with E-state index in [0.29, 0.717) is 5.78 Å². The zero-order chi connectivity index (χ0) is 27.5. The number of carbonyl (C=O) groups is 1. The molecule has 0 aromatic heterocycles. The van der Waals surface area contributed by atoms with Crippen molar-refractivity contribution in [3.63, 3.8) is 0 Å². The van der Waals surface area contributed by atoms with Gasteiger partial charge < -0.3 is 10.1 Å². The minimum atomic E-state index is 0.307. The molecule has 198 valence electrons. The molecule has 2 aromatic carbocycles. The Morgan fingerprint density at radius 3 is 1.74 bits per heavy atom. The van der Waals surface area contributed by atoms with E-state index in [1.54, 1.807) is 13.0 Å². The summed E-state index contributed by atoms with van der Waals surface area (Å²) in [5.41, 5.74) is 5.65. The van der Waals surface area contributed by atoms with E-state index in [0.717, 1.165) is 36.2 Å². The number of benzene rings is 2. The molecule has 0 saturated heterocycles. The Morgan fingerprint density at radius 2 is 1.37 bits per heavy atom. The molecule has 0 bridgehead atoms. The van der Waals surface area contributed by atoms with Crippen LogP contribution in [0, 0.1) is 13.8 Å². The van der Waals surface area contributed by atoms with Crippen molar-refractivity contribution >= 4 is 17.2 Å². The summed E-state index contributed by atoms with van der Waals surface area (Å²) in [5, 5.41) is 3.36. The first-order valence-electron chi connectivity index (χ1n) is 13.3. The SMILES string of the molecule is C=C(Nc1ccccc1C)c1cccc(C)c1.C=CC.CCCC.CCCC.CCCCC(C)=O. The summed E-state index contributed by atoms with van der Waals surface area (Å²) in [7, 11) is 0. The van der Waals surface area contributed by atoms with Crippen molar-refractivity contribution in [1.82, 2.24) is 0 Å². The highest BCUT2D eigenvalue weighted by atomic mass is 16.1. The number of allylic oxidation sites excluding steroid dienone is 1. The predicted octanol–water partition coefficient (Wildman–Crippen LogP) is 11.0. The van der Waals surface area contributed by atoms with Gasteiger partial charge in [-0.2, -0.15) is 0 Å². The Kier molecular flexibility index (Phi) is 29.2. The van der Waals surface area contributed by atoms with Gasteiger partial charge in [-0.3, -0.25) is 0 Å². The van der Waals surface area contributed by atoms with Crippen LogP contribution in [-0.4, -0.2) is 5.78 Å². The third kappa shape index (κ3) is 25.8. The Hall–Kier alpha value is -2.61. The minimum Gasteiger partial charge on any atom is -0.355 e. The Morgan fingerprint density at radius 1 is 0.857 bits per heavy atom. The van der Waals surface area contributed by atoms with Crippen LogP contribution in [0.15, 0.2) is 67.8 Å². The standard InChI is InChI=1S/C16H17N.C6H12O.2C4H10.C3H6/c1-12-7-6-9-15(11-12)14(3)17-16-10-5-4-8-13(16)2;1-3-4-5-6(2)7;2*1-3-4-2;1-3-2/h4-11,17H,3H2,1-2H3;3-5H2,1-2H3;2*3-4H2,1-2H3;3H,1H2,2H3. The highest BCUT2D eigenvalue weighted by Crippen LogP contribution is 2.20. The molecule has 0 radical (unpaired) electrons. The normalized spacial score (nSPS) is 8.71. The number of aryl methyl sites for hydroxylation is 2. The monoisotopic (exact) mass is 481 g/mol. The van der Waals surface area contributed by atoms with E-state index >= 15 is 0 Å². The van der Waals surface area contributed by atoms with Crippen LogP contribution >= 0.6 is 0 Å². The molecule has 0 amide bonds. The quantitative estimate of drug-likeness (QED) is 0.380. The molecular formula is C33H55NO. The number of Topliss-reactive ketones (excluding diaryl/α,β-unsaturated/α-hetero) is 1. The first kappa shape index (κ1) is 36.9. The predicted molar refractivity (Wildman–Crippen MR) is 162 cm³/mol. The van der Waals surface area contributed by atoms with Crippen LogP contribution in [0.5, 0.6) is 0 Å². The molecule has 0 atom stereocenters. The summed E-state index contributed by atoms with van der Waals surface area (Å²) >= 11 is 0. The molecule has 0 unspecified atom stereocenters. The van der Waals surface area contributed by atoms with E-state index in [2.05, 4.69) is 103 Å². The maximum absolute atomic E-state index is 10.2. The van der Waals surface area contributed by atoms with E-state index in [1.165, 1.54) is 36.8 Å². The lowest BCUT2D eigenvalue weighted by molar-refractivity contribution is -0.117. The lowest BCUT2D eigenvalue weighted by Crippen LogP contribution is -1.99. The van der Waals surface area contributed by atoms with Crippen molar-refractivity contribution in [2.24, 2.45) is 0 Å². The maximum Gasteiger partial charge on any atom is 0.129 e. The average molecular weight is 482 g/mol. The van der Waals surface area contributed by atoms with E-state index < -0.39 is 0 Å². The smallest absolute Gasteiger partial charge is 0.129 e. The lowest BCUT2D eigenvalue weighted by Gasteiger charge is -2.12. The molecule has 35 heavy (non-hydrogen) atoms. The summed E-state index contributed by atoms with van der Waals surface area (Å²) in [6, 6.07) is 16.6. The topological polar surface area (TPSA) is 29.1 Å². The first-order valence-corrected chi connectivity index (χ1v) is 13.3. The van der Waals surface area contributed by atoms with Gasteiger partial charge in [0, 0.05) is 17.8 Å². The van der Waals surface area contributed by atoms with Crippen molar-refractivity contribution in [1.29, 1.82) is 0 Å². The zero-order valence-corrected chi connectivity index (χ0v) is 24.5. The van der Waals surface area contributed by atoms with Crippen molar-refractivity contribution in [3.05, 3.63) is 84.5 Å². The van der Waals surface area contributed by atoms with Crippen LogP contribution in [-0.2, 0) is 4.79 Å². The number of carbonyl (C=O) groups excluding carboxylic acids is 1. The van der Waals surface area contributed by atoms with E-state index in [9.17, 15) is 4.79 Å². The van der Waals surface area contributed by atoms with Crippen molar-refractivity contribution in [3.8, 4) is 0 Å². The molecule has 2 rings (SSSR count). The molecular weight excluding hydrogens is 426 g/mol. The highest BCUT2D eigenvalue weighted by Gasteiger charge is 2.01. The van der Waals surface area contributed by atoms with Gasteiger partial charge in [-0.25, -0.2) is 0 Å². The molecule has 2 nitrogen and oxygen atoms in total. The first-order chi connectivity index (χ1) is 16.7. The number of hydrogen-bond acceptors (Lipinski definition) is 2. The minimum absolute atomic E-state index is 0.307. The Labute approximate surface area is 219 Å². The molecule has 0 spiro atoms. The van der Waals surface area contributed by atoms with Gasteiger partial charge in [-0.15, -0.1) is 6.58 Å².